The number of benzene rings is 2. The van der Waals surface area contributed by atoms with Gasteiger partial charge >= 0.3 is 0 Å². The molecule has 6 nitrogen and oxygen atoms in total. The molecule has 6 heteroatoms. The van der Waals surface area contributed by atoms with Crippen LogP contribution in [0.3, 0.4) is 0 Å². The molecule has 2 N–H and O–H groups in total. The van der Waals surface area contributed by atoms with Gasteiger partial charge < -0.3 is 14.5 Å². The summed E-state index contributed by atoms with van der Waals surface area (Å²) in [6.07, 6.45) is 13.5. The van der Waals surface area contributed by atoms with Gasteiger partial charge in [0.15, 0.2) is 0 Å². The quantitative estimate of drug-likeness (QED) is 0.296. The minimum absolute atomic E-state index is 0.452. The van der Waals surface area contributed by atoms with Crippen molar-refractivity contribution in [3.8, 4) is 11.5 Å². The van der Waals surface area contributed by atoms with Gasteiger partial charge in [-0.15, -0.1) is 0 Å². The lowest BCUT2D eigenvalue weighted by atomic mass is 10.1. The number of methoxy groups -OCH3 is 1. The molecule has 3 aromatic heterocycles. The minimum atomic E-state index is 0.452. The van der Waals surface area contributed by atoms with Crippen LogP contribution in [0.15, 0.2) is 79.3 Å². The lowest BCUT2D eigenvalue weighted by molar-refractivity contribution is 0.303. The number of rotatable bonds is 8. The number of ether oxygens (including phenoxy) is 2. The van der Waals surface area contributed by atoms with Crippen molar-refractivity contribution < 1.29 is 9.47 Å². The highest BCUT2D eigenvalue weighted by Crippen LogP contribution is 2.27. The van der Waals surface area contributed by atoms with Crippen LogP contribution in [0.25, 0.3) is 35.2 Å². The Labute approximate surface area is 197 Å². The highest BCUT2D eigenvalue weighted by molar-refractivity contribution is 5.90. The van der Waals surface area contributed by atoms with Gasteiger partial charge in [0, 0.05) is 35.8 Å². The number of hydrogen-bond acceptors (Lipinski definition) is 4. The van der Waals surface area contributed by atoms with Crippen molar-refractivity contribution in [3.05, 3.63) is 107 Å². The number of para-hydroxylation sites is 1. The molecule has 0 unspecified atom stereocenters. The van der Waals surface area contributed by atoms with E-state index >= 15 is 0 Å². The molecule has 0 aliphatic heterocycles. The number of H-pyrrole nitrogens is 2. The fraction of sp³-hybridized carbons (Fsp3) is 0.0714. The molecule has 0 fully saturated rings. The largest absolute Gasteiger partial charge is 0.496 e. The smallest absolute Gasteiger partial charge is 0.129 e. The van der Waals surface area contributed by atoms with E-state index < -0.39 is 0 Å². The molecular formula is C28H24N4O2. The summed E-state index contributed by atoms with van der Waals surface area (Å²) in [6.45, 7) is 0.452. The standard InChI is InChI=1S/C28H24N4O2/c1-33-27-17-26(34-19-20-4-3-14-29-18-20)12-9-21(27)7-10-24-16-25(32-31-24)11-8-22-5-2-6-23-13-15-30-28(22)23/h2-18,30H,19H2,1H3,(H,31,32). The van der Waals surface area contributed by atoms with Gasteiger partial charge in [-0.2, -0.15) is 5.10 Å². The number of nitrogens with one attached hydrogen (secondary N) is 2. The van der Waals surface area contributed by atoms with Gasteiger partial charge in [-0.05, 0) is 59.5 Å². The normalized spacial score (nSPS) is 11.6. The van der Waals surface area contributed by atoms with E-state index in [1.54, 1.807) is 19.5 Å². The molecule has 0 bridgehead atoms. The van der Waals surface area contributed by atoms with Crippen LogP contribution in [0.1, 0.15) is 28.1 Å². The average Bonchev–Trinajstić information content (AvgIpc) is 3.55. The fourth-order valence-corrected chi connectivity index (χ4v) is 3.70. The maximum Gasteiger partial charge on any atom is 0.129 e. The van der Waals surface area contributed by atoms with Crippen LogP contribution in [-0.4, -0.2) is 27.3 Å². The monoisotopic (exact) mass is 448 g/mol. The summed E-state index contributed by atoms with van der Waals surface area (Å²) >= 11 is 0. The molecular weight excluding hydrogens is 424 g/mol. The third-order valence-corrected chi connectivity index (χ3v) is 5.45. The Morgan fingerprint density at radius 3 is 2.74 bits per heavy atom. The third-order valence-electron chi connectivity index (χ3n) is 5.45. The van der Waals surface area contributed by atoms with Gasteiger partial charge in [0.05, 0.1) is 24.0 Å². The molecule has 2 aromatic carbocycles. The second-order valence-corrected chi connectivity index (χ2v) is 7.76. The summed E-state index contributed by atoms with van der Waals surface area (Å²) in [4.78, 5) is 7.40. The lowest BCUT2D eigenvalue weighted by Gasteiger charge is -2.10. The zero-order valence-corrected chi connectivity index (χ0v) is 18.7. The van der Waals surface area contributed by atoms with Crippen molar-refractivity contribution in [3.63, 3.8) is 0 Å². The van der Waals surface area contributed by atoms with Crippen LogP contribution in [0.4, 0.5) is 0 Å². The van der Waals surface area contributed by atoms with E-state index in [0.29, 0.717) is 6.61 Å². The zero-order valence-electron chi connectivity index (χ0n) is 18.7. The summed E-state index contributed by atoms with van der Waals surface area (Å²) in [5, 5.41) is 8.65. The lowest BCUT2D eigenvalue weighted by Crippen LogP contribution is -1.96. The zero-order chi connectivity index (χ0) is 23.2. The molecule has 34 heavy (non-hydrogen) atoms. The van der Waals surface area contributed by atoms with Crippen LogP contribution >= 0.6 is 0 Å². The summed E-state index contributed by atoms with van der Waals surface area (Å²) in [5.74, 6) is 1.47. The second kappa shape index (κ2) is 9.92. The minimum Gasteiger partial charge on any atom is -0.496 e. The number of aromatic amines is 2. The van der Waals surface area contributed by atoms with E-state index in [9.17, 15) is 0 Å². The van der Waals surface area contributed by atoms with E-state index in [2.05, 4.69) is 50.5 Å². The highest BCUT2D eigenvalue weighted by Gasteiger charge is 2.05. The van der Waals surface area contributed by atoms with Gasteiger partial charge in [-0.25, -0.2) is 0 Å². The average molecular weight is 449 g/mol. The first-order valence-corrected chi connectivity index (χ1v) is 11.0. The molecule has 3 heterocycles. The van der Waals surface area contributed by atoms with Crippen LogP contribution in [-0.2, 0) is 6.61 Å². The summed E-state index contributed by atoms with van der Waals surface area (Å²) < 4.78 is 11.4. The molecule has 168 valence electrons. The Morgan fingerprint density at radius 1 is 0.912 bits per heavy atom. The highest BCUT2D eigenvalue weighted by atomic mass is 16.5. The van der Waals surface area contributed by atoms with Gasteiger partial charge in [-0.1, -0.05) is 30.3 Å². The second-order valence-electron chi connectivity index (χ2n) is 7.76. The molecule has 0 spiro atoms. The number of aromatic nitrogens is 4. The summed E-state index contributed by atoms with van der Waals surface area (Å²) in [7, 11) is 1.65. The number of nitrogens with zero attached hydrogens (tertiary/aromatic N) is 2. The maximum atomic E-state index is 5.87. The molecule has 0 amide bonds. The first-order chi connectivity index (χ1) is 16.8. The summed E-state index contributed by atoms with van der Waals surface area (Å²) in [6, 6.07) is 20.0. The predicted molar refractivity (Wildman–Crippen MR) is 136 cm³/mol. The first kappa shape index (κ1) is 21.3. The molecule has 0 aliphatic rings. The molecule has 5 aromatic rings. The molecule has 0 atom stereocenters. The van der Waals surface area contributed by atoms with Crippen molar-refractivity contribution in [2.24, 2.45) is 0 Å². The van der Waals surface area contributed by atoms with E-state index in [-0.39, 0.29) is 0 Å². The van der Waals surface area contributed by atoms with Crippen LogP contribution in [0, 0.1) is 0 Å². The maximum absolute atomic E-state index is 5.87. The topological polar surface area (TPSA) is 75.8 Å². The first-order valence-electron chi connectivity index (χ1n) is 11.0. The molecule has 0 saturated carbocycles. The predicted octanol–water partition coefficient (Wildman–Crippen LogP) is 6.21. The Bertz CT molecular complexity index is 1450. The van der Waals surface area contributed by atoms with E-state index in [4.69, 9.17) is 9.47 Å². The Kier molecular flexibility index (Phi) is 6.21. The Morgan fingerprint density at radius 2 is 1.85 bits per heavy atom. The van der Waals surface area contributed by atoms with E-state index in [1.807, 2.05) is 60.8 Å². The molecule has 0 saturated heterocycles. The number of fused-ring (bicyclic) bond motifs is 1. The van der Waals surface area contributed by atoms with Gasteiger partial charge in [0.2, 0.25) is 0 Å². The van der Waals surface area contributed by atoms with Crippen LogP contribution in [0.5, 0.6) is 11.5 Å². The van der Waals surface area contributed by atoms with Gasteiger partial charge in [0.25, 0.3) is 0 Å². The Balaban J connectivity index is 1.26. The molecule has 0 aliphatic carbocycles. The van der Waals surface area contributed by atoms with Gasteiger partial charge in [-0.3, -0.25) is 10.1 Å². The van der Waals surface area contributed by atoms with Crippen molar-refractivity contribution in [2.45, 2.75) is 6.61 Å². The Hall–Kier alpha value is -4.58. The molecule has 5 rings (SSSR count). The number of hydrogen-bond donors (Lipinski definition) is 2. The van der Waals surface area contributed by atoms with Crippen molar-refractivity contribution in [1.29, 1.82) is 0 Å². The fourth-order valence-electron chi connectivity index (χ4n) is 3.70. The SMILES string of the molecule is COc1cc(OCc2cccnc2)ccc1C=Cc1cc(C=Cc2cccc3cc[nH]c23)[nH]n1. The van der Waals surface area contributed by atoms with Crippen LogP contribution < -0.4 is 9.47 Å². The van der Waals surface area contributed by atoms with Crippen molar-refractivity contribution in [2.75, 3.05) is 7.11 Å². The third kappa shape index (κ3) is 4.91. The summed E-state index contributed by atoms with van der Waals surface area (Å²) in [5.41, 5.74) is 5.96. The van der Waals surface area contributed by atoms with Crippen molar-refractivity contribution >= 4 is 35.2 Å². The van der Waals surface area contributed by atoms with Gasteiger partial charge in [0.1, 0.15) is 18.1 Å². The van der Waals surface area contributed by atoms with Crippen LogP contribution in [0.2, 0.25) is 0 Å². The van der Waals surface area contributed by atoms with Crippen molar-refractivity contribution in [1.82, 2.24) is 20.2 Å². The van der Waals surface area contributed by atoms with E-state index in [1.165, 1.54) is 5.39 Å². The van der Waals surface area contributed by atoms with E-state index in [0.717, 1.165) is 45.1 Å². The number of pyridine rings is 1. The molecule has 0 radical (unpaired) electrons.